The molecule has 1 heterocycles. The molecular formula is C30H34N2O5S. The molecule has 5 rings (SSSR count). The van der Waals surface area contributed by atoms with Crippen LogP contribution in [0.3, 0.4) is 0 Å². The van der Waals surface area contributed by atoms with Crippen molar-refractivity contribution in [1.82, 2.24) is 10.0 Å². The summed E-state index contributed by atoms with van der Waals surface area (Å²) in [5.74, 6) is -0.187. The van der Waals surface area contributed by atoms with Crippen molar-refractivity contribution in [2.24, 2.45) is 5.92 Å². The highest BCUT2D eigenvalue weighted by atomic mass is 32.2. The van der Waals surface area contributed by atoms with Gasteiger partial charge in [0.05, 0.1) is 30.2 Å². The van der Waals surface area contributed by atoms with E-state index in [2.05, 4.69) is 10.0 Å². The Balaban J connectivity index is 1.40. The predicted molar refractivity (Wildman–Crippen MR) is 146 cm³/mol. The SMILES string of the molecule is O=C(NC(Cc1ccccc1)C(=O)Cc1cccc2c(S(=O)(=O)NC3COC3)cccc12)C1CCCCC1. The minimum Gasteiger partial charge on any atom is -0.378 e. The summed E-state index contributed by atoms with van der Waals surface area (Å²) in [6.45, 7) is 0.720. The molecule has 38 heavy (non-hydrogen) atoms. The number of carbonyl (C=O) groups is 2. The lowest BCUT2D eigenvalue weighted by Gasteiger charge is -2.26. The summed E-state index contributed by atoms with van der Waals surface area (Å²) < 4.78 is 34.0. The zero-order valence-corrected chi connectivity index (χ0v) is 22.2. The quantitative estimate of drug-likeness (QED) is 0.410. The third-order valence-electron chi connectivity index (χ3n) is 7.55. The zero-order chi connectivity index (χ0) is 26.5. The van der Waals surface area contributed by atoms with Crippen LogP contribution in [0.25, 0.3) is 10.8 Å². The average molecular weight is 535 g/mol. The molecule has 7 nitrogen and oxygen atoms in total. The fourth-order valence-corrected chi connectivity index (χ4v) is 6.81. The van der Waals surface area contributed by atoms with Gasteiger partial charge >= 0.3 is 0 Å². The van der Waals surface area contributed by atoms with E-state index in [0.29, 0.717) is 30.4 Å². The molecule has 1 aliphatic heterocycles. The van der Waals surface area contributed by atoms with Gasteiger partial charge in [-0.2, -0.15) is 0 Å². The minimum absolute atomic E-state index is 0.0451. The van der Waals surface area contributed by atoms with Gasteiger partial charge in [-0.15, -0.1) is 0 Å². The number of hydrogen-bond acceptors (Lipinski definition) is 5. The monoisotopic (exact) mass is 534 g/mol. The first-order valence-corrected chi connectivity index (χ1v) is 14.9. The second-order valence-corrected chi connectivity index (χ2v) is 12.0. The molecule has 200 valence electrons. The summed E-state index contributed by atoms with van der Waals surface area (Å²) in [4.78, 5) is 27.0. The van der Waals surface area contributed by atoms with E-state index >= 15 is 0 Å². The number of benzene rings is 3. The molecule has 0 bridgehead atoms. The van der Waals surface area contributed by atoms with Gasteiger partial charge in [-0.25, -0.2) is 13.1 Å². The number of nitrogens with one attached hydrogen (secondary N) is 2. The molecule has 1 amide bonds. The Morgan fingerprint density at radius 1 is 0.868 bits per heavy atom. The zero-order valence-electron chi connectivity index (χ0n) is 21.4. The molecule has 3 aromatic carbocycles. The Morgan fingerprint density at radius 2 is 1.58 bits per heavy atom. The van der Waals surface area contributed by atoms with E-state index in [9.17, 15) is 18.0 Å². The summed E-state index contributed by atoms with van der Waals surface area (Å²) in [6, 6.07) is 19.3. The number of Topliss-reactive ketones (excluding diaryl/α,β-unsaturated/α-hetero) is 1. The number of sulfonamides is 1. The van der Waals surface area contributed by atoms with Crippen molar-refractivity contribution in [3.63, 3.8) is 0 Å². The fraction of sp³-hybridized carbons (Fsp3) is 0.400. The van der Waals surface area contributed by atoms with Crippen molar-refractivity contribution < 1.29 is 22.7 Å². The van der Waals surface area contributed by atoms with Gasteiger partial charge in [0.1, 0.15) is 0 Å². The van der Waals surface area contributed by atoms with Crippen LogP contribution in [0.5, 0.6) is 0 Å². The van der Waals surface area contributed by atoms with Crippen LogP contribution in [-0.2, 0) is 37.2 Å². The topological polar surface area (TPSA) is 102 Å². The van der Waals surface area contributed by atoms with Crippen molar-refractivity contribution in [3.8, 4) is 0 Å². The van der Waals surface area contributed by atoms with Crippen LogP contribution < -0.4 is 10.0 Å². The second kappa shape index (κ2) is 11.8. The van der Waals surface area contributed by atoms with Gasteiger partial charge in [-0.3, -0.25) is 9.59 Å². The summed E-state index contributed by atoms with van der Waals surface area (Å²) in [7, 11) is -3.75. The maximum absolute atomic E-state index is 13.7. The van der Waals surface area contributed by atoms with Crippen molar-refractivity contribution in [2.75, 3.05) is 13.2 Å². The molecule has 2 fully saturated rings. The first-order valence-electron chi connectivity index (χ1n) is 13.4. The van der Waals surface area contributed by atoms with Crippen molar-refractivity contribution in [2.45, 2.75) is 61.9 Å². The molecule has 0 radical (unpaired) electrons. The normalized spacial score (nSPS) is 17.6. The summed E-state index contributed by atoms with van der Waals surface area (Å²) in [5.41, 5.74) is 1.72. The molecule has 1 atom stereocenters. The molecule has 2 N–H and O–H groups in total. The van der Waals surface area contributed by atoms with Crippen LogP contribution in [-0.4, -0.2) is 45.4 Å². The number of ketones is 1. The smallest absolute Gasteiger partial charge is 0.241 e. The maximum atomic E-state index is 13.7. The Morgan fingerprint density at radius 3 is 2.29 bits per heavy atom. The molecule has 1 aliphatic carbocycles. The van der Waals surface area contributed by atoms with Gasteiger partial charge in [0.25, 0.3) is 0 Å². The molecule has 2 aliphatic rings. The first kappa shape index (κ1) is 26.5. The van der Waals surface area contributed by atoms with E-state index in [-0.39, 0.29) is 35.0 Å². The lowest BCUT2D eigenvalue weighted by atomic mass is 9.88. The lowest BCUT2D eigenvalue weighted by Crippen LogP contribution is -2.48. The van der Waals surface area contributed by atoms with Gasteiger partial charge in [0, 0.05) is 17.7 Å². The predicted octanol–water partition coefficient (Wildman–Crippen LogP) is 3.94. The Bertz CT molecular complexity index is 1400. The minimum atomic E-state index is -3.75. The third kappa shape index (κ3) is 6.14. The highest BCUT2D eigenvalue weighted by Gasteiger charge is 2.29. The number of rotatable bonds is 10. The molecule has 0 spiro atoms. The third-order valence-corrected chi connectivity index (χ3v) is 9.13. The van der Waals surface area contributed by atoms with Crippen LogP contribution in [0.4, 0.5) is 0 Å². The van der Waals surface area contributed by atoms with E-state index in [1.54, 1.807) is 24.3 Å². The van der Waals surface area contributed by atoms with E-state index in [1.165, 1.54) is 0 Å². The van der Waals surface area contributed by atoms with Gasteiger partial charge < -0.3 is 10.1 Å². The second-order valence-electron chi connectivity index (χ2n) is 10.4. The van der Waals surface area contributed by atoms with Crippen LogP contribution in [0, 0.1) is 5.92 Å². The number of carbonyl (C=O) groups excluding carboxylic acids is 2. The van der Waals surface area contributed by atoms with Crippen LogP contribution in [0.1, 0.15) is 43.2 Å². The van der Waals surface area contributed by atoms with E-state index in [1.807, 2.05) is 42.5 Å². The highest BCUT2D eigenvalue weighted by molar-refractivity contribution is 7.89. The van der Waals surface area contributed by atoms with Crippen LogP contribution in [0.15, 0.2) is 71.6 Å². The summed E-state index contributed by atoms with van der Waals surface area (Å²) in [6.07, 6.45) is 5.46. The number of fused-ring (bicyclic) bond motifs is 1. The van der Waals surface area contributed by atoms with Crippen molar-refractivity contribution in [1.29, 1.82) is 0 Å². The molecule has 1 saturated heterocycles. The molecule has 1 unspecified atom stereocenters. The highest BCUT2D eigenvalue weighted by Crippen LogP contribution is 2.28. The first-order chi connectivity index (χ1) is 18.4. The Kier molecular flexibility index (Phi) is 8.21. The van der Waals surface area contributed by atoms with Crippen molar-refractivity contribution in [3.05, 3.63) is 77.9 Å². The summed E-state index contributed by atoms with van der Waals surface area (Å²) >= 11 is 0. The molecular weight excluding hydrogens is 500 g/mol. The van der Waals surface area contributed by atoms with Crippen LogP contribution >= 0.6 is 0 Å². The summed E-state index contributed by atoms with van der Waals surface area (Å²) in [5, 5.41) is 4.35. The van der Waals surface area contributed by atoms with Crippen molar-refractivity contribution >= 4 is 32.5 Å². The molecule has 1 saturated carbocycles. The number of amides is 1. The van der Waals surface area contributed by atoms with Gasteiger partial charge in [-0.1, -0.05) is 79.9 Å². The van der Waals surface area contributed by atoms with E-state index in [4.69, 9.17) is 4.74 Å². The van der Waals surface area contributed by atoms with E-state index in [0.717, 1.165) is 43.2 Å². The van der Waals surface area contributed by atoms with Gasteiger partial charge in [0.2, 0.25) is 15.9 Å². The average Bonchev–Trinajstić information content (AvgIpc) is 2.91. The van der Waals surface area contributed by atoms with Gasteiger partial charge in [-0.05, 0) is 41.8 Å². The standard InChI is InChI=1S/C30H34N2O5S/c33-28(27(17-21-9-3-1-4-10-21)31-30(34)22-11-5-2-6-12-22)18-23-13-7-15-26-25(23)14-8-16-29(26)38(35,36)32-24-19-37-20-24/h1,3-4,7-10,13-16,22,24,27,32H,2,5-6,11-12,17-20H2,(H,31,34). The lowest BCUT2D eigenvalue weighted by molar-refractivity contribution is -0.130. The van der Waals surface area contributed by atoms with Gasteiger partial charge in [0.15, 0.2) is 5.78 Å². The molecule has 3 aromatic rings. The fourth-order valence-electron chi connectivity index (χ4n) is 5.38. The molecule has 0 aromatic heterocycles. The largest absolute Gasteiger partial charge is 0.378 e. The Labute approximate surface area is 224 Å². The number of hydrogen-bond donors (Lipinski definition) is 2. The van der Waals surface area contributed by atoms with E-state index < -0.39 is 16.1 Å². The maximum Gasteiger partial charge on any atom is 0.241 e. The molecule has 8 heteroatoms. The Hall–Kier alpha value is -3.07. The van der Waals surface area contributed by atoms with Crippen LogP contribution in [0.2, 0.25) is 0 Å². The number of ether oxygens (including phenoxy) is 1.